The summed E-state index contributed by atoms with van der Waals surface area (Å²) in [6.45, 7) is 6.19. The number of benzene rings is 5. The molecule has 0 aliphatic carbocycles. The molecule has 0 radical (unpaired) electrons. The lowest BCUT2D eigenvalue weighted by molar-refractivity contribution is -0.142. The van der Waals surface area contributed by atoms with Gasteiger partial charge in [0.1, 0.15) is 31.0 Å². The van der Waals surface area contributed by atoms with Crippen molar-refractivity contribution in [3.8, 4) is 34.4 Å². The first kappa shape index (κ1) is 41.0. The SMILES string of the molecule is CC(C)(C)NC(=O)N1Cc2cc3c(cc2CC1C(=O)N[C@@H](Cc1ccc(-c2ccc(C#N)cc2)cc1)C(=O)O)OC[C@H](c1ccc(OCc2ccc(Cl)c(Cl)c2)cc1)O3. The molecule has 302 valence electrons. The Labute approximate surface area is 352 Å². The van der Waals surface area contributed by atoms with E-state index in [1.165, 1.54) is 4.90 Å². The van der Waals surface area contributed by atoms with Crippen molar-refractivity contribution in [3.63, 3.8) is 0 Å². The molecule has 5 aromatic rings. The van der Waals surface area contributed by atoms with Gasteiger partial charge < -0.3 is 34.9 Å². The van der Waals surface area contributed by atoms with Gasteiger partial charge in [0.15, 0.2) is 17.6 Å². The van der Waals surface area contributed by atoms with Crippen LogP contribution in [0.15, 0.2) is 103 Å². The van der Waals surface area contributed by atoms with Crippen LogP contribution in [0.5, 0.6) is 17.2 Å². The van der Waals surface area contributed by atoms with Gasteiger partial charge in [-0.2, -0.15) is 5.26 Å². The van der Waals surface area contributed by atoms with E-state index in [0.29, 0.717) is 45.0 Å². The lowest BCUT2D eigenvalue weighted by Gasteiger charge is -2.39. The minimum atomic E-state index is -1.25. The summed E-state index contributed by atoms with van der Waals surface area (Å²) >= 11 is 12.2. The number of nitriles is 1. The van der Waals surface area contributed by atoms with Crippen molar-refractivity contribution in [3.05, 3.63) is 147 Å². The number of urea groups is 1. The first-order valence-corrected chi connectivity index (χ1v) is 19.8. The zero-order valence-corrected chi connectivity index (χ0v) is 34.1. The monoisotopic (exact) mass is 832 g/mol. The maximum absolute atomic E-state index is 14.0. The lowest BCUT2D eigenvalue weighted by Crippen LogP contribution is -2.59. The number of carboxylic acid groups (broad SMARTS) is 1. The molecule has 0 aromatic heterocycles. The van der Waals surface area contributed by atoms with Crippen molar-refractivity contribution in [1.29, 1.82) is 5.26 Å². The van der Waals surface area contributed by atoms with Gasteiger partial charge in [0, 0.05) is 24.9 Å². The molecule has 0 saturated heterocycles. The van der Waals surface area contributed by atoms with E-state index in [-0.39, 0.29) is 26.0 Å². The molecule has 11 nitrogen and oxygen atoms in total. The van der Waals surface area contributed by atoms with Gasteiger partial charge in [0.05, 0.1) is 21.7 Å². The minimum Gasteiger partial charge on any atom is -0.489 e. The van der Waals surface area contributed by atoms with Crippen molar-refractivity contribution < 1.29 is 33.7 Å². The number of carbonyl (C=O) groups excluding carboxylic acids is 2. The first-order chi connectivity index (χ1) is 28.2. The highest BCUT2D eigenvalue weighted by atomic mass is 35.5. The van der Waals surface area contributed by atoms with E-state index in [1.807, 2.05) is 99.6 Å². The van der Waals surface area contributed by atoms with E-state index in [2.05, 4.69) is 16.7 Å². The number of nitrogens with one attached hydrogen (secondary N) is 2. The second-order valence-corrected chi connectivity index (χ2v) is 16.4. The van der Waals surface area contributed by atoms with Crippen LogP contribution >= 0.6 is 23.2 Å². The van der Waals surface area contributed by atoms with Gasteiger partial charge >= 0.3 is 12.0 Å². The summed E-state index contributed by atoms with van der Waals surface area (Å²) in [7, 11) is 0. The van der Waals surface area contributed by atoms with E-state index in [0.717, 1.165) is 33.4 Å². The van der Waals surface area contributed by atoms with Gasteiger partial charge in [-0.1, -0.05) is 77.8 Å². The second-order valence-electron chi connectivity index (χ2n) is 15.6. The van der Waals surface area contributed by atoms with Gasteiger partial charge in [-0.05, 0) is 108 Å². The summed E-state index contributed by atoms with van der Waals surface area (Å²) in [4.78, 5) is 41.8. The number of carboxylic acids is 1. The standard InChI is InChI=1S/C46H42Cl2N4O7/c1-46(2,3)51-45(56)52-24-34-22-41-40(58-26-42(59-41)32-13-15-35(16-14-32)57-25-29-8-17-36(47)37(48)18-29)21-33(34)20-39(52)43(53)50-38(44(54)55)19-27-4-9-30(10-5-27)31-11-6-28(23-49)7-12-31/h4-18,21-22,38-39,42H,19-20,24-26H2,1-3H3,(H,50,53)(H,51,56)(H,54,55)/t38-,39?,42+/m0/s1. The third kappa shape index (κ3) is 9.91. The third-order valence-corrected chi connectivity index (χ3v) is 10.8. The number of hydrogen-bond acceptors (Lipinski definition) is 7. The third-order valence-electron chi connectivity index (χ3n) is 10.1. The maximum Gasteiger partial charge on any atom is 0.326 e. The van der Waals surface area contributed by atoms with Crippen LogP contribution in [-0.2, 0) is 35.6 Å². The van der Waals surface area contributed by atoms with Crippen molar-refractivity contribution >= 4 is 41.1 Å². The van der Waals surface area contributed by atoms with Crippen LogP contribution in [0, 0.1) is 11.3 Å². The fraction of sp³-hybridized carbons (Fsp3) is 0.261. The minimum absolute atomic E-state index is 0.0283. The molecule has 1 unspecified atom stereocenters. The van der Waals surface area contributed by atoms with Gasteiger partial charge in [-0.25, -0.2) is 9.59 Å². The number of nitrogens with zero attached hydrogens (tertiary/aromatic N) is 2. The zero-order chi connectivity index (χ0) is 41.8. The molecule has 0 saturated carbocycles. The highest BCUT2D eigenvalue weighted by Gasteiger charge is 2.39. The molecular weight excluding hydrogens is 791 g/mol. The van der Waals surface area contributed by atoms with Gasteiger partial charge in [-0.15, -0.1) is 0 Å². The molecule has 0 bridgehead atoms. The van der Waals surface area contributed by atoms with Crippen molar-refractivity contribution in [2.75, 3.05) is 6.61 Å². The van der Waals surface area contributed by atoms with E-state index >= 15 is 0 Å². The first-order valence-electron chi connectivity index (χ1n) is 19.1. The van der Waals surface area contributed by atoms with Crippen molar-refractivity contribution in [2.45, 2.75) is 70.5 Å². The summed E-state index contributed by atoms with van der Waals surface area (Å²) < 4.78 is 18.6. The van der Waals surface area contributed by atoms with Crippen LogP contribution in [0.1, 0.15) is 60.3 Å². The van der Waals surface area contributed by atoms with Crippen molar-refractivity contribution in [2.24, 2.45) is 0 Å². The Morgan fingerprint density at radius 2 is 1.54 bits per heavy atom. The van der Waals surface area contributed by atoms with Crippen molar-refractivity contribution in [1.82, 2.24) is 15.5 Å². The van der Waals surface area contributed by atoms with Gasteiger partial charge in [-0.3, -0.25) is 4.79 Å². The van der Waals surface area contributed by atoms with E-state index < -0.39 is 41.6 Å². The van der Waals surface area contributed by atoms with Crippen LogP contribution in [-0.4, -0.2) is 52.1 Å². The number of aliphatic carboxylic acids is 1. The summed E-state index contributed by atoms with van der Waals surface area (Å²) in [6, 6.07) is 30.5. The van der Waals surface area contributed by atoms with Crippen LogP contribution in [0.4, 0.5) is 4.79 Å². The average molecular weight is 834 g/mol. The quantitative estimate of drug-likeness (QED) is 0.127. The maximum atomic E-state index is 14.0. The van der Waals surface area contributed by atoms with E-state index in [4.69, 9.17) is 42.7 Å². The molecule has 0 spiro atoms. The average Bonchev–Trinajstić information content (AvgIpc) is 3.22. The normalized spacial score (nSPS) is 16.2. The predicted molar refractivity (Wildman–Crippen MR) is 224 cm³/mol. The Morgan fingerprint density at radius 3 is 2.19 bits per heavy atom. The molecule has 13 heteroatoms. The number of halogens is 2. The molecule has 3 atom stereocenters. The largest absolute Gasteiger partial charge is 0.489 e. The van der Waals surface area contributed by atoms with E-state index in [9.17, 15) is 19.5 Å². The Bertz CT molecular complexity index is 2410. The molecule has 2 heterocycles. The molecule has 0 fully saturated rings. The molecule has 5 aromatic carbocycles. The molecule has 7 rings (SSSR count). The van der Waals surface area contributed by atoms with E-state index in [1.54, 1.807) is 24.3 Å². The number of carbonyl (C=O) groups is 3. The number of fused-ring (bicyclic) bond motifs is 2. The summed E-state index contributed by atoms with van der Waals surface area (Å²) in [5, 5.41) is 25.9. The lowest BCUT2D eigenvalue weighted by atomic mass is 9.92. The molecule has 3 amide bonds. The fourth-order valence-corrected chi connectivity index (χ4v) is 7.33. The summed E-state index contributed by atoms with van der Waals surface area (Å²) in [5.74, 6) is -0.0873. The molecule has 2 aliphatic heterocycles. The number of amides is 3. The highest BCUT2D eigenvalue weighted by Crippen LogP contribution is 2.41. The summed E-state index contributed by atoms with van der Waals surface area (Å²) in [5.41, 5.74) is 5.82. The summed E-state index contributed by atoms with van der Waals surface area (Å²) in [6.07, 6.45) is -0.249. The Morgan fingerprint density at radius 1 is 0.881 bits per heavy atom. The van der Waals surface area contributed by atoms with Crippen LogP contribution in [0.2, 0.25) is 10.0 Å². The topological polar surface area (TPSA) is 150 Å². The Balaban J connectivity index is 1.04. The van der Waals surface area contributed by atoms with Crippen LogP contribution < -0.4 is 24.8 Å². The number of hydrogen-bond donors (Lipinski definition) is 3. The highest BCUT2D eigenvalue weighted by molar-refractivity contribution is 6.42. The molecular formula is C46H42Cl2N4O7. The predicted octanol–water partition coefficient (Wildman–Crippen LogP) is 8.67. The Kier molecular flexibility index (Phi) is 12.0. The van der Waals surface area contributed by atoms with Crippen LogP contribution in [0.25, 0.3) is 11.1 Å². The molecule has 59 heavy (non-hydrogen) atoms. The smallest absolute Gasteiger partial charge is 0.326 e. The fourth-order valence-electron chi connectivity index (χ4n) is 7.00. The number of rotatable bonds is 10. The molecule has 3 N–H and O–H groups in total. The second kappa shape index (κ2) is 17.3. The zero-order valence-electron chi connectivity index (χ0n) is 32.6. The van der Waals surface area contributed by atoms with Gasteiger partial charge in [0.25, 0.3) is 0 Å². The van der Waals surface area contributed by atoms with Gasteiger partial charge in [0.2, 0.25) is 5.91 Å². The number of ether oxygens (including phenoxy) is 3. The molecule has 2 aliphatic rings. The Hall–Kier alpha value is -6.22. The van der Waals surface area contributed by atoms with Crippen LogP contribution in [0.3, 0.4) is 0 Å².